The molecule has 2 rings (SSSR count). The molecule has 2 amide bonds. The quantitative estimate of drug-likeness (QED) is 0.820. The molecule has 0 saturated carbocycles. The van der Waals surface area contributed by atoms with Crippen LogP contribution in [0.4, 0.5) is 4.39 Å². The van der Waals surface area contributed by atoms with Gasteiger partial charge in [0.15, 0.2) is 0 Å². The van der Waals surface area contributed by atoms with E-state index in [4.69, 9.17) is 5.73 Å². The van der Waals surface area contributed by atoms with E-state index in [-0.39, 0.29) is 12.3 Å². The first-order valence-corrected chi connectivity index (χ1v) is 7.59. The molecule has 5 heteroatoms. The summed E-state index contributed by atoms with van der Waals surface area (Å²) in [5.41, 5.74) is 6.86. The van der Waals surface area contributed by atoms with Crippen molar-refractivity contribution in [3.63, 3.8) is 0 Å². The molecule has 4 nitrogen and oxygen atoms in total. The number of hydrogen-bond donors (Lipinski definition) is 2. The number of amides is 2. The standard InChI is InChI=1S/C19H19FN2O2/c20-16-10-4-9-15(12-16)13-18(23)22-17(19(21)24)11-5-8-14-6-2-1-3-7-14/h1-10,12,17H,11,13H2,(H2,21,24)(H,22,23)/b8-5+/t17-/m1/s1. The predicted molar refractivity (Wildman–Crippen MR) is 91.3 cm³/mol. The zero-order valence-corrected chi connectivity index (χ0v) is 13.1. The third-order valence-electron chi connectivity index (χ3n) is 3.41. The molecule has 2 aromatic rings. The number of nitrogens with two attached hydrogens (primary N) is 1. The van der Waals surface area contributed by atoms with Gasteiger partial charge in [0.05, 0.1) is 6.42 Å². The maximum Gasteiger partial charge on any atom is 0.240 e. The first-order chi connectivity index (χ1) is 11.5. The number of carbonyl (C=O) groups is 2. The Morgan fingerprint density at radius 2 is 1.88 bits per heavy atom. The number of rotatable bonds is 7. The van der Waals surface area contributed by atoms with Gasteiger partial charge in [-0.3, -0.25) is 9.59 Å². The normalized spacial score (nSPS) is 12.0. The van der Waals surface area contributed by atoms with Gasteiger partial charge in [-0.05, 0) is 29.7 Å². The van der Waals surface area contributed by atoms with Crippen molar-refractivity contribution in [2.45, 2.75) is 18.9 Å². The van der Waals surface area contributed by atoms with E-state index in [1.807, 2.05) is 36.4 Å². The molecule has 0 aromatic heterocycles. The zero-order valence-electron chi connectivity index (χ0n) is 13.1. The number of primary amides is 1. The van der Waals surface area contributed by atoms with Crippen molar-refractivity contribution in [1.82, 2.24) is 5.32 Å². The average molecular weight is 326 g/mol. The highest BCUT2D eigenvalue weighted by Crippen LogP contribution is 2.06. The second-order valence-corrected chi connectivity index (χ2v) is 5.38. The van der Waals surface area contributed by atoms with Crippen LogP contribution in [0.1, 0.15) is 17.5 Å². The smallest absolute Gasteiger partial charge is 0.240 e. The fourth-order valence-corrected chi connectivity index (χ4v) is 2.23. The Morgan fingerprint density at radius 1 is 1.12 bits per heavy atom. The largest absolute Gasteiger partial charge is 0.368 e. The molecular formula is C19H19FN2O2. The minimum atomic E-state index is -0.800. The van der Waals surface area contributed by atoms with Gasteiger partial charge in [0.1, 0.15) is 11.9 Å². The topological polar surface area (TPSA) is 72.2 Å². The zero-order chi connectivity index (χ0) is 17.4. The van der Waals surface area contributed by atoms with Crippen LogP contribution < -0.4 is 11.1 Å². The lowest BCUT2D eigenvalue weighted by molar-refractivity contribution is -0.126. The summed E-state index contributed by atoms with van der Waals surface area (Å²) in [7, 11) is 0. The maximum absolute atomic E-state index is 13.1. The molecule has 0 aliphatic carbocycles. The highest BCUT2D eigenvalue weighted by Gasteiger charge is 2.16. The lowest BCUT2D eigenvalue weighted by Gasteiger charge is -2.13. The molecule has 0 aliphatic heterocycles. The molecular weight excluding hydrogens is 307 g/mol. The van der Waals surface area contributed by atoms with Crippen molar-refractivity contribution in [1.29, 1.82) is 0 Å². The molecule has 0 heterocycles. The molecule has 2 aromatic carbocycles. The Kier molecular flexibility index (Phi) is 6.25. The average Bonchev–Trinajstić information content (AvgIpc) is 2.54. The summed E-state index contributed by atoms with van der Waals surface area (Å²) < 4.78 is 13.1. The van der Waals surface area contributed by atoms with Crippen LogP contribution in [0.3, 0.4) is 0 Å². The van der Waals surface area contributed by atoms with Crippen molar-refractivity contribution in [3.05, 3.63) is 77.6 Å². The second-order valence-electron chi connectivity index (χ2n) is 5.38. The summed E-state index contributed by atoms with van der Waals surface area (Å²) in [6.45, 7) is 0. The Morgan fingerprint density at radius 3 is 2.54 bits per heavy atom. The molecule has 0 bridgehead atoms. The predicted octanol–water partition coefficient (Wildman–Crippen LogP) is 2.44. The van der Waals surface area contributed by atoms with Gasteiger partial charge in [0.25, 0.3) is 0 Å². The molecule has 0 saturated heterocycles. The highest BCUT2D eigenvalue weighted by molar-refractivity contribution is 5.87. The van der Waals surface area contributed by atoms with Gasteiger partial charge in [-0.15, -0.1) is 0 Å². The van der Waals surface area contributed by atoms with Crippen LogP contribution in [0.15, 0.2) is 60.7 Å². The number of nitrogens with one attached hydrogen (secondary N) is 1. The van der Waals surface area contributed by atoms with Gasteiger partial charge in [-0.25, -0.2) is 4.39 Å². The number of carbonyl (C=O) groups excluding carboxylic acids is 2. The lowest BCUT2D eigenvalue weighted by atomic mass is 10.1. The van der Waals surface area contributed by atoms with E-state index < -0.39 is 17.8 Å². The summed E-state index contributed by atoms with van der Waals surface area (Å²) in [6, 6.07) is 14.6. The van der Waals surface area contributed by atoms with Crippen LogP contribution in [0.5, 0.6) is 0 Å². The summed E-state index contributed by atoms with van der Waals surface area (Å²) in [6.07, 6.45) is 3.92. The molecule has 0 spiro atoms. The monoisotopic (exact) mass is 326 g/mol. The fourth-order valence-electron chi connectivity index (χ4n) is 2.23. The minimum Gasteiger partial charge on any atom is -0.368 e. The van der Waals surface area contributed by atoms with E-state index in [0.717, 1.165) is 5.56 Å². The Labute approximate surface area is 140 Å². The Hall–Kier alpha value is -2.95. The van der Waals surface area contributed by atoms with E-state index in [1.165, 1.54) is 18.2 Å². The van der Waals surface area contributed by atoms with Crippen molar-refractivity contribution in [2.75, 3.05) is 0 Å². The molecule has 1 atom stereocenters. The summed E-state index contributed by atoms with van der Waals surface area (Å²) in [5.74, 6) is -1.39. The third-order valence-corrected chi connectivity index (χ3v) is 3.41. The van der Waals surface area contributed by atoms with Crippen LogP contribution in [0, 0.1) is 5.82 Å². The van der Waals surface area contributed by atoms with Gasteiger partial charge < -0.3 is 11.1 Å². The van der Waals surface area contributed by atoms with Crippen LogP contribution in [-0.2, 0) is 16.0 Å². The number of hydrogen-bond acceptors (Lipinski definition) is 2. The van der Waals surface area contributed by atoms with Crippen molar-refractivity contribution >= 4 is 17.9 Å². The van der Waals surface area contributed by atoms with Gasteiger partial charge in [0, 0.05) is 0 Å². The van der Waals surface area contributed by atoms with Crippen molar-refractivity contribution in [3.8, 4) is 0 Å². The Balaban J connectivity index is 1.92. The van der Waals surface area contributed by atoms with Gasteiger partial charge in [0.2, 0.25) is 11.8 Å². The van der Waals surface area contributed by atoms with Gasteiger partial charge in [-0.1, -0.05) is 54.6 Å². The Bertz CT molecular complexity index is 729. The van der Waals surface area contributed by atoms with Gasteiger partial charge >= 0.3 is 0 Å². The maximum atomic E-state index is 13.1. The molecule has 0 unspecified atom stereocenters. The third kappa shape index (κ3) is 5.68. The molecule has 124 valence electrons. The van der Waals surface area contributed by atoms with E-state index in [0.29, 0.717) is 12.0 Å². The number of halogens is 1. The summed E-state index contributed by atoms with van der Waals surface area (Å²) in [5, 5.41) is 2.58. The van der Waals surface area contributed by atoms with E-state index in [9.17, 15) is 14.0 Å². The van der Waals surface area contributed by atoms with Crippen LogP contribution >= 0.6 is 0 Å². The molecule has 3 N–H and O–H groups in total. The van der Waals surface area contributed by atoms with Gasteiger partial charge in [-0.2, -0.15) is 0 Å². The first-order valence-electron chi connectivity index (χ1n) is 7.59. The minimum absolute atomic E-state index is 0.00998. The molecule has 0 fully saturated rings. The fraction of sp³-hybridized carbons (Fsp3) is 0.158. The van der Waals surface area contributed by atoms with E-state index in [1.54, 1.807) is 12.1 Å². The van der Waals surface area contributed by atoms with Crippen LogP contribution in [0.25, 0.3) is 6.08 Å². The first kappa shape index (κ1) is 17.4. The molecule has 0 radical (unpaired) electrons. The van der Waals surface area contributed by atoms with Crippen molar-refractivity contribution in [2.24, 2.45) is 5.73 Å². The number of benzene rings is 2. The van der Waals surface area contributed by atoms with Crippen LogP contribution in [-0.4, -0.2) is 17.9 Å². The summed E-state index contributed by atoms with van der Waals surface area (Å²) >= 11 is 0. The molecule has 0 aliphatic rings. The highest BCUT2D eigenvalue weighted by atomic mass is 19.1. The van der Waals surface area contributed by atoms with Crippen molar-refractivity contribution < 1.29 is 14.0 Å². The summed E-state index contributed by atoms with van der Waals surface area (Å²) in [4.78, 5) is 23.5. The van der Waals surface area contributed by atoms with Crippen LogP contribution in [0.2, 0.25) is 0 Å². The second kappa shape index (κ2) is 8.62. The SMILES string of the molecule is NC(=O)[C@@H](C/C=C/c1ccccc1)NC(=O)Cc1cccc(F)c1. The molecule has 24 heavy (non-hydrogen) atoms. The van der Waals surface area contributed by atoms with E-state index >= 15 is 0 Å². The van der Waals surface area contributed by atoms with E-state index in [2.05, 4.69) is 5.32 Å². The lowest BCUT2D eigenvalue weighted by Crippen LogP contribution is -2.44.